The molecule has 1 aliphatic carbocycles. The predicted molar refractivity (Wildman–Crippen MR) is 63.1 cm³/mol. The van der Waals surface area contributed by atoms with Gasteiger partial charge in [0.25, 0.3) is 5.70 Å². The molecule has 2 rings (SSSR count). The number of nitrogens with zero attached hydrogens (tertiary/aromatic N) is 2. The Balaban J connectivity index is 2.49. The molecular formula is C10H10N4O5. The first-order chi connectivity index (χ1) is 8.85. The molecule has 0 aromatic heterocycles. The number of aliphatic carboxylic acids is 1. The Kier molecular flexibility index (Phi) is 2.83. The summed E-state index contributed by atoms with van der Waals surface area (Å²) < 4.78 is 0. The molecule has 0 saturated carbocycles. The Labute approximate surface area is 106 Å². The fourth-order valence-electron chi connectivity index (χ4n) is 1.74. The van der Waals surface area contributed by atoms with E-state index in [0.29, 0.717) is 0 Å². The first-order valence-corrected chi connectivity index (χ1v) is 5.15. The Bertz CT molecular complexity index is 589. The molecule has 0 spiro atoms. The van der Waals surface area contributed by atoms with E-state index < -0.39 is 16.4 Å². The summed E-state index contributed by atoms with van der Waals surface area (Å²) in [6.07, 6.45) is 3.73. The largest absolute Gasteiger partial charge is 0.478 e. The standard InChI is InChI=1S/C10H10N4O5/c1-5(9(15)16)4-10(11)3-2-6(14(17)18)7-8(10)13-19-12-7/h2-4,12H,11H2,1H3,(H,15,16). The number of nitrogens with two attached hydrogens (primary N) is 1. The molecule has 1 aliphatic heterocycles. The maximum Gasteiger partial charge on any atom is 0.331 e. The van der Waals surface area contributed by atoms with Gasteiger partial charge >= 0.3 is 5.97 Å². The molecule has 1 heterocycles. The second-order valence-electron chi connectivity index (χ2n) is 4.05. The fraction of sp³-hybridized carbons (Fsp3) is 0.200. The summed E-state index contributed by atoms with van der Waals surface area (Å²) in [5.41, 5.74) is 6.73. The lowest BCUT2D eigenvalue weighted by Crippen LogP contribution is -2.48. The van der Waals surface area contributed by atoms with Crippen LogP contribution in [0.2, 0.25) is 0 Å². The van der Waals surface area contributed by atoms with Crippen molar-refractivity contribution in [3.05, 3.63) is 45.3 Å². The maximum absolute atomic E-state index is 10.8. The third kappa shape index (κ3) is 2.06. The van der Waals surface area contributed by atoms with E-state index >= 15 is 0 Å². The smallest absolute Gasteiger partial charge is 0.331 e. The number of carboxylic acid groups (broad SMARTS) is 1. The van der Waals surface area contributed by atoms with E-state index in [1.165, 1.54) is 25.2 Å². The van der Waals surface area contributed by atoms with Gasteiger partial charge < -0.3 is 10.8 Å². The van der Waals surface area contributed by atoms with Crippen LogP contribution in [0.1, 0.15) is 6.92 Å². The third-order valence-corrected chi connectivity index (χ3v) is 2.69. The summed E-state index contributed by atoms with van der Waals surface area (Å²) in [6.45, 7) is 1.36. The van der Waals surface area contributed by atoms with Crippen molar-refractivity contribution in [1.82, 2.24) is 5.48 Å². The lowest BCUT2D eigenvalue weighted by molar-refractivity contribution is -0.420. The number of carbonyl (C=O) groups is 1. The number of oxime groups is 1. The molecule has 0 fully saturated rings. The van der Waals surface area contributed by atoms with Gasteiger partial charge in [-0.2, -0.15) is 5.48 Å². The van der Waals surface area contributed by atoms with Crippen molar-refractivity contribution in [2.24, 2.45) is 10.9 Å². The summed E-state index contributed by atoms with van der Waals surface area (Å²) in [4.78, 5) is 25.6. The fourth-order valence-corrected chi connectivity index (χ4v) is 1.74. The average Bonchev–Trinajstić information content (AvgIpc) is 2.78. The third-order valence-electron chi connectivity index (χ3n) is 2.69. The van der Waals surface area contributed by atoms with Gasteiger partial charge in [-0.15, -0.1) is 0 Å². The molecule has 9 nitrogen and oxygen atoms in total. The molecule has 100 valence electrons. The van der Waals surface area contributed by atoms with Crippen LogP contribution in [0.25, 0.3) is 0 Å². The number of fused-ring (bicyclic) bond motifs is 1. The molecule has 9 heteroatoms. The van der Waals surface area contributed by atoms with Crippen molar-refractivity contribution in [2.45, 2.75) is 12.5 Å². The number of carboxylic acids is 1. The van der Waals surface area contributed by atoms with Crippen LogP contribution in [0, 0.1) is 10.1 Å². The molecular weight excluding hydrogens is 256 g/mol. The van der Waals surface area contributed by atoms with E-state index in [-0.39, 0.29) is 22.7 Å². The van der Waals surface area contributed by atoms with Crippen molar-refractivity contribution in [2.75, 3.05) is 0 Å². The van der Waals surface area contributed by atoms with E-state index in [1.54, 1.807) is 0 Å². The van der Waals surface area contributed by atoms with Gasteiger partial charge in [0.2, 0.25) is 0 Å². The van der Waals surface area contributed by atoms with Crippen molar-refractivity contribution >= 4 is 11.7 Å². The Morgan fingerprint density at radius 1 is 1.74 bits per heavy atom. The topological polar surface area (TPSA) is 140 Å². The minimum atomic E-state index is -1.37. The summed E-state index contributed by atoms with van der Waals surface area (Å²) in [5, 5.41) is 23.3. The quantitative estimate of drug-likeness (QED) is 0.360. The normalized spacial score (nSPS) is 25.4. The van der Waals surface area contributed by atoms with Gasteiger partial charge in [0.15, 0.2) is 5.70 Å². The van der Waals surface area contributed by atoms with Gasteiger partial charge in [-0.3, -0.25) is 15.1 Å². The monoisotopic (exact) mass is 266 g/mol. The lowest BCUT2D eigenvalue weighted by atomic mass is 9.85. The van der Waals surface area contributed by atoms with Gasteiger partial charge in [0.05, 0.1) is 4.92 Å². The molecule has 2 aliphatic rings. The highest BCUT2D eigenvalue weighted by atomic mass is 16.8. The van der Waals surface area contributed by atoms with Crippen molar-refractivity contribution in [3.8, 4) is 0 Å². The van der Waals surface area contributed by atoms with Gasteiger partial charge in [0.1, 0.15) is 11.3 Å². The molecule has 4 N–H and O–H groups in total. The Hall–Kier alpha value is -2.68. The van der Waals surface area contributed by atoms with Crippen molar-refractivity contribution < 1.29 is 19.8 Å². The molecule has 1 unspecified atom stereocenters. The molecule has 0 radical (unpaired) electrons. The molecule has 0 amide bonds. The first-order valence-electron chi connectivity index (χ1n) is 5.15. The number of hydrogen-bond donors (Lipinski definition) is 3. The Morgan fingerprint density at radius 2 is 2.42 bits per heavy atom. The zero-order chi connectivity index (χ0) is 14.2. The lowest BCUT2D eigenvalue weighted by Gasteiger charge is -2.24. The number of hydroxylamine groups is 1. The van der Waals surface area contributed by atoms with Gasteiger partial charge in [-0.25, -0.2) is 4.79 Å². The highest BCUT2D eigenvalue weighted by Gasteiger charge is 2.42. The summed E-state index contributed by atoms with van der Waals surface area (Å²) >= 11 is 0. The average molecular weight is 266 g/mol. The van der Waals surface area contributed by atoms with Crippen LogP contribution in [0.5, 0.6) is 0 Å². The van der Waals surface area contributed by atoms with Crippen LogP contribution in [-0.2, 0) is 9.73 Å². The van der Waals surface area contributed by atoms with Crippen LogP contribution < -0.4 is 11.2 Å². The molecule has 0 saturated heterocycles. The minimum Gasteiger partial charge on any atom is -0.478 e. The van der Waals surface area contributed by atoms with E-state index in [4.69, 9.17) is 10.8 Å². The second-order valence-corrected chi connectivity index (χ2v) is 4.05. The van der Waals surface area contributed by atoms with Crippen LogP contribution >= 0.6 is 0 Å². The SMILES string of the molecule is CC(=CC1(N)C=CC([N+](=O)[O-])=C2NON=C21)C(=O)O. The molecule has 19 heavy (non-hydrogen) atoms. The maximum atomic E-state index is 10.8. The van der Waals surface area contributed by atoms with Crippen LogP contribution in [0.4, 0.5) is 0 Å². The number of allylic oxidation sites excluding steroid dienone is 1. The van der Waals surface area contributed by atoms with Crippen molar-refractivity contribution in [3.63, 3.8) is 0 Å². The summed E-state index contributed by atoms with van der Waals surface area (Å²) in [5.74, 6) is -1.14. The van der Waals surface area contributed by atoms with E-state index in [0.717, 1.165) is 0 Å². The zero-order valence-electron chi connectivity index (χ0n) is 9.78. The van der Waals surface area contributed by atoms with Crippen LogP contribution in [-0.4, -0.2) is 27.2 Å². The highest BCUT2D eigenvalue weighted by molar-refractivity contribution is 6.11. The van der Waals surface area contributed by atoms with E-state index in [1.807, 2.05) is 0 Å². The molecule has 1 atom stereocenters. The molecule has 0 aromatic rings. The van der Waals surface area contributed by atoms with Crippen molar-refractivity contribution in [1.29, 1.82) is 0 Å². The number of nitro groups is 1. The molecule has 0 aromatic carbocycles. The minimum absolute atomic E-state index is 0.00865. The highest BCUT2D eigenvalue weighted by Crippen LogP contribution is 2.27. The van der Waals surface area contributed by atoms with Crippen LogP contribution in [0.15, 0.2) is 40.4 Å². The number of rotatable bonds is 3. The predicted octanol–water partition coefficient (Wildman–Crippen LogP) is -0.336. The number of nitrogens with one attached hydrogen (secondary N) is 1. The van der Waals surface area contributed by atoms with E-state index in [2.05, 4.69) is 15.6 Å². The van der Waals surface area contributed by atoms with Gasteiger partial charge in [-0.05, 0) is 19.1 Å². The summed E-state index contributed by atoms with van der Waals surface area (Å²) in [6, 6.07) is 0. The number of hydrogen-bond acceptors (Lipinski definition) is 7. The van der Waals surface area contributed by atoms with Gasteiger partial charge in [0, 0.05) is 11.6 Å². The van der Waals surface area contributed by atoms with Crippen LogP contribution in [0.3, 0.4) is 0 Å². The zero-order valence-corrected chi connectivity index (χ0v) is 9.78. The van der Waals surface area contributed by atoms with Gasteiger partial charge in [-0.1, -0.05) is 5.16 Å². The second kappa shape index (κ2) is 4.21. The Morgan fingerprint density at radius 3 is 3.00 bits per heavy atom. The van der Waals surface area contributed by atoms with E-state index in [9.17, 15) is 14.9 Å². The molecule has 0 bridgehead atoms. The summed E-state index contributed by atoms with van der Waals surface area (Å²) in [7, 11) is 0. The first kappa shape index (κ1) is 12.8.